The van der Waals surface area contributed by atoms with Crippen LogP contribution in [-0.2, 0) is 0 Å². The largest absolute Gasteiger partial charge is 0.246 e. The Balaban J connectivity index is 2.89. The predicted molar refractivity (Wildman–Crippen MR) is 53.1 cm³/mol. The van der Waals surface area contributed by atoms with Crippen LogP contribution in [0, 0.1) is 0 Å². The van der Waals surface area contributed by atoms with Gasteiger partial charge in [0.2, 0.25) is 0 Å². The lowest BCUT2D eigenvalue weighted by Crippen LogP contribution is -2.13. The summed E-state index contributed by atoms with van der Waals surface area (Å²) in [4.78, 5) is 1.19. The lowest BCUT2D eigenvalue weighted by Gasteiger charge is -1.99. The molecular weight excluding hydrogens is 170 g/mol. The van der Waals surface area contributed by atoms with E-state index in [-0.39, 0.29) is 0 Å². The van der Waals surface area contributed by atoms with Crippen LogP contribution in [0.5, 0.6) is 0 Å². The molecule has 0 heterocycles. The van der Waals surface area contributed by atoms with E-state index in [4.69, 9.17) is 5.84 Å². The summed E-state index contributed by atoms with van der Waals surface area (Å²) < 4.78 is 0. The number of hydrazine groups is 1. The number of nitrogens with one attached hydrogen (secondary N) is 1. The summed E-state index contributed by atoms with van der Waals surface area (Å²) in [6.07, 6.45) is 3.73. The highest BCUT2D eigenvalue weighted by atomic mass is 32.2. The molecule has 4 heteroatoms. The third-order valence-electron chi connectivity index (χ3n) is 1.42. The monoisotopic (exact) mass is 181 g/mol. The first-order valence-corrected chi connectivity index (χ1v) is 4.72. The van der Waals surface area contributed by atoms with Gasteiger partial charge in [0.15, 0.2) is 0 Å². The molecule has 1 aromatic carbocycles. The van der Waals surface area contributed by atoms with E-state index in [1.54, 1.807) is 18.0 Å². The first-order valence-electron chi connectivity index (χ1n) is 3.50. The van der Waals surface area contributed by atoms with Crippen molar-refractivity contribution in [1.82, 2.24) is 5.53 Å². The molecule has 0 spiro atoms. The smallest absolute Gasteiger partial charge is 0.0567 e. The summed E-state index contributed by atoms with van der Waals surface area (Å²) in [6, 6.07) is 8.01. The molecular formula is C8H11N3S. The number of hydrogen-bond donors (Lipinski definition) is 2. The average molecular weight is 181 g/mol. The zero-order valence-electron chi connectivity index (χ0n) is 6.82. The zero-order chi connectivity index (χ0) is 8.81. The molecule has 0 aliphatic heterocycles. The van der Waals surface area contributed by atoms with Crippen LogP contribution < -0.4 is 11.4 Å². The fraction of sp³-hybridized carbons (Fsp3) is 0.125. The van der Waals surface area contributed by atoms with Crippen molar-refractivity contribution >= 4 is 18.0 Å². The highest BCUT2D eigenvalue weighted by molar-refractivity contribution is 7.98. The Kier molecular flexibility index (Phi) is 3.63. The predicted octanol–water partition coefficient (Wildman–Crippen LogP) is 1.21. The second-order valence-electron chi connectivity index (χ2n) is 2.13. The van der Waals surface area contributed by atoms with Gasteiger partial charge in [-0.1, -0.05) is 18.2 Å². The molecule has 1 rings (SSSR count). The van der Waals surface area contributed by atoms with E-state index in [9.17, 15) is 0 Å². The molecule has 0 atom stereocenters. The van der Waals surface area contributed by atoms with E-state index < -0.39 is 0 Å². The van der Waals surface area contributed by atoms with Gasteiger partial charge in [-0.3, -0.25) is 0 Å². The van der Waals surface area contributed by atoms with Crippen molar-refractivity contribution in [2.45, 2.75) is 4.90 Å². The van der Waals surface area contributed by atoms with Gasteiger partial charge in [0, 0.05) is 10.5 Å². The molecule has 0 amide bonds. The molecule has 3 nitrogen and oxygen atoms in total. The van der Waals surface area contributed by atoms with Gasteiger partial charge in [-0.15, -0.1) is 11.8 Å². The quantitative estimate of drug-likeness (QED) is 0.319. The molecule has 1 aromatic rings. The summed E-state index contributed by atoms with van der Waals surface area (Å²) in [6.45, 7) is 0. The first-order chi connectivity index (χ1) is 5.88. The van der Waals surface area contributed by atoms with Crippen LogP contribution in [0.1, 0.15) is 5.56 Å². The Labute approximate surface area is 76.0 Å². The van der Waals surface area contributed by atoms with Crippen molar-refractivity contribution in [3.63, 3.8) is 0 Å². The lowest BCUT2D eigenvalue weighted by atomic mass is 10.2. The standard InChI is InChI=1S/C8H11N3S/c1-12-8-5-3-2-4-7(8)6-10-11-9/h2-6,11H,9H2,1H3/b10-6+. The molecule has 0 fully saturated rings. The van der Waals surface area contributed by atoms with Gasteiger partial charge in [-0.2, -0.15) is 5.10 Å². The van der Waals surface area contributed by atoms with Crippen LogP contribution in [0.15, 0.2) is 34.3 Å². The van der Waals surface area contributed by atoms with Gasteiger partial charge < -0.3 is 0 Å². The maximum absolute atomic E-state index is 5.01. The molecule has 12 heavy (non-hydrogen) atoms. The molecule has 0 saturated carbocycles. The number of rotatable bonds is 3. The molecule has 64 valence electrons. The van der Waals surface area contributed by atoms with Crippen LogP contribution in [0.25, 0.3) is 0 Å². The highest BCUT2D eigenvalue weighted by Gasteiger charge is 1.94. The summed E-state index contributed by atoms with van der Waals surface area (Å²) in [5.41, 5.74) is 3.30. The van der Waals surface area contributed by atoms with Crippen molar-refractivity contribution < 1.29 is 0 Å². The SMILES string of the molecule is CSc1ccccc1/C=N/NN. The molecule has 0 aromatic heterocycles. The second kappa shape index (κ2) is 4.79. The van der Waals surface area contributed by atoms with Crippen LogP contribution in [0.4, 0.5) is 0 Å². The number of nitrogens with two attached hydrogens (primary N) is 1. The third kappa shape index (κ3) is 2.25. The summed E-state index contributed by atoms with van der Waals surface area (Å²) in [5, 5.41) is 3.74. The van der Waals surface area contributed by atoms with Crippen molar-refractivity contribution in [2.24, 2.45) is 10.9 Å². The van der Waals surface area contributed by atoms with Crippen molar-refractivity contribution in [3.05, 3.63) is 29.8 Å². The average Bonchev–Trinajstić information content (AvgIpc) is 2.15. The van der Waals surface area contributed by atoms with Crippen molar-refractivity contribution in [1.29, 1.82) is 0 Å². The van der Waals surface area contributed by atoms with E-state index in [1.165, 1.54) is 4.90 Å². The maximum Gasteiger partial charge on any atom is 0.0567 e. The van der Waals surface area contributed by atoms with Gasteiger partial charge in [-0.25, -0.2) is 11.4 Å². The van der Waals surface area contributed by atoms with Crippen molar-refractivity contribution in [2.75, 3.05) is 6.26 Å². The van der Waals surface area contributed by atoms with Crippen LogP contribution in [0.3, 0.4) is 0 Å². The summed E-state index contributed by atoms with van der Waals surface area (Å²) in [5.74, 6) is 5.01. The molecule has 0 aliphatic rings. The van der Waals surface area contributed by atoms with Crippen molar-refractivity contribution in [3.8, 4) is 0 Å². The number of benzene rings is 1. The topological polar surface area (TPSA) is 50.4 Å². The Morgan fingerprint density at radius 2 is 2.25 bits per heavy atom. The second-order valence-corrected chi connectivity index (χ2v) is 2.98. The fourth-order valence-corrected chi connectivity index (χ4v) is 1.45. The van der Waals surface area contributed by atoms with E-state index in [0.29, 0.717) is 0 Å². The summed E-state index contributed by atoms with van der Waals surface area (Å²) >= 11 is 1.69. The van der Waals surface area contributed by atoms with Crippen LogP contribution in [0.2, 0.25) is 0 Å². The molecule has 0 radical (unpaired) electrons. The Morgan fingerprint density at radius 3 is 2.92 bits per heavy atom. The number of nitrogens with zero attached hydrogens (tertiary/aromatic N) is 1. The molecule has 3 N–H and O–H groups in total. The Bertz CT molecular complexity index is 273. The Hall–Kier alpha value is -1.00. The minimum Gasteiger partial charge on any atom is -0.246 e. The zero-order valence-corrected chi connectivity index (χ0v) is 7.64. The molecule has 0 bridgehead atoms. The highest BCUT2D eigenvalue weighted by Crippen LogP contribution is 2.17. The van der Waals surface area contributed by atoms with E-state index >= 15 is 0 Å². The van der Waals surface area contributed by atoms with Gasteiger partial charge in [0.1, 0.15) is 0 Å². The van der Waals surface area contributed by atoms with E-state index in [0.717, 1.165) is 5.56 Å². The minimum atomic E-state index is 1.07. The molecule has 0 saturated heterocycles. The molecule has 0 unspecified atom stereocenters. The van der Waals surface area contributed by atoms with Crippen LogP contribution >= 0.6 is 11.8 Å². The number of thioether (sulfide) groups is 1. The van der Waals surface area contributed by atoms with E-state index in [2.05, 4.69) is 10.6 Å². The number of hydrogen-bond acceptors (Lipinski definition) is 4. The fourth-order valence-electron chi connectivity index (χ4n) is 0.880. The first kappa shape index (κ1) is 9.09. The van der Waals surface area contributed by atoms with E-state index in [1.807, 2.05) is 30.5 Å². The Morgan fingerprint density at radius 1 is 1.50 bits per heavy atom. The third-order valence-corrected chi connectivity index (χ3v) is 2.23. The molecule has 0 aliphatic carbocycles. The lowest BCUT2D eigenvalue weighted by molar-refractivity contribution is 0.810. The summed E-state index contributed by atoms with van der Waals surface area (Å²) in [7, 11) is 0. The number of hydrazone groups is 1. The van der Waals surface area contributed by atoms with Gasteiger partial charge in [0.05, 0.1) is 6.21 Å². The van der Waals surface area contributed by atoms with Gasteiger partial charge in [0.25, 0.3) is 0 Å². The minimum absolute atomic E-state index is 1.07. The van der Waals surface area contributed by atoms with Crippen LogP contribution in [-0.4, -0.2) is 12.5 Å². The maximum atomic E-state index is 5.01. The van der Waals surface area contributed by atoms with Gasteiger partial charge >= 0.3 is 0 Å². The van der Waals surface area contributed by atoms with Gasteiger partial charge in [-0.05, 0) is 12.3 Å². The normalized spacial score (nSPS) is 10.5.